The van der Waals surface area contributed by atoms with Gasteiger partial charge in [-0.05, 0) is 48.2 Å². The van der Waals surface area contributed by atoms with Crippen molar-refractivity contribution in [3.05, 3.63) is 70.8 Å². The molecule has 1 heterocycles. The van der Waals surface area contributed by atoms with Crippen LogP contribution in [0.15, 0.2) is 48.5 Å². The van der Waals surface area contributed by atoms with Gasteiger partial charge in [0.15, 0.2) is 0 Å². The third-order valence-electron chi connectivity index (χ3n) is 3.92. The summed E-state index contributed by atoms with van der Waals surface area (Å²) in [6, 6.07) is 20.4. The molecule has 116 valence electrons. The highest BCUT2D eigenvalue weighted by molar-refractivity contribution is 5.31. The van der Waals surface area contributed by atoms with Crippen molar-refractivity contribution in [2.75, 3.05) is 13.1 Å². The van der Waals surface area contributed by atoms with Crippen molar-refractivity contribution in [3.63, 3.8) is 0 Å². The van der Waals surface area contributed by atoms with E-state index >= 15 is 0 Å². The number of nitriles is 2. The van der Waals surface area contributed by atoms with Crippen LogP contribution in [-0.2, 0) is 25.7 Å². The Hall–Kier alpha value is -2.62. The zero-order valence-electron chi connectivity index (χ0n) is 13.3. The van der Waals surface area contributed by atoms with Gasteiger partial charge in [0.25, 0.3) is 0 Å². The molecule has 0 atom stereocenters. The summed E-state index contributed by atoms with van der Waals surface area (Å²) in [5.74, 6) is 0. The molecule has 0 saturated heterocycles. The van der Waals surface area contributed by atoms with Gasteiger partial charge in [-0.25, -0.2) is 0 Å². The van der Waals surface area contributed by atoms with Crippen LogP contribution in [-0.4, -0.2) is 13.1 Å². The average molecular weight is 303 g/mol. The summed E-state index contributed by atoms with van der Waals surface area (Å²) < 4.78 is 0. The second kappa shape index (κ2) is 9.41. The van der Waals surface area contributed by atoms with Crippen LogP contribution in [0, 0.1) is 22.7 Å². The Morgan fingerprint density at radius 3 is 1.61 bits per heavy atom. The Labute approximate surface area is 138 Å². The van der Waals surface area contributed by atoms with Crippen LogP contribution in [0.5, 0.6) is 0 Å². The molecule has 0 bridgehead atoms. The largest absolute Gasteiger partial charge is 0.316 e. The van der Waals surface area contributed by atoms with E-state index in [1.54, 1.807) is 0 Å². The summed E-state index contributed by atoms with van der Waals surface area (Å²) >= 11 is 0. The Balaban J connectivity index is 0.000000167. The first-order valence-electron chi connectivity index (χ1n) is 7.93. The van der Waals surface area contributed by atoms with Crippen LogP contribution in [0.25, 0.3) is 0 Å². The molecule has 3 nitrogen and oxygen atoms in total. The molecule has 0 amide bonds. The second-order valence-electron chi connectivity index (χ2n) is 5.46. The summed E-state index contributed by atoms with van der Waals surface area (Å²) in [6.45, 7) is 2.27. The van der Waals surface area contributed by atoms with Gasteiger partial charge in [-0.2, -0.15) is 10.5 Å². The van der Waals surface area contributed by atoms with Crippen LogP contribution < -0.4 is 5.32 Å². The van der Waals surface area contributed by atoms with Crippen molar-refractivity contribution < 1.29 is 0 Å². The molecular weight excluding hydrogens is 282 g/mol. The van der Waals surface area contributed by atoms with Crippen molar-refractivity contribution in [2.45, 2.75) is 25.7 Å². The van der Waals surface area contributed by atoms with Crippen molar-refractivity contribution in [3.8, 4) is 12.1 Å². The summed E-state index contributed by atoms with van der Waals surface area (Å²) in [5.41, 5.74) is 4.97. The predicted octanol–water partition coefficient (Wildman–Crippen LogP) is 3.19. The summed E-state index contributed by atoms with van der Waals surface area (Å²) in [7, 11) is 0. The monoisotopic (exact) mass is 303 g/mol. The minimum atomic E-state index is 0.387. The van der Waals surface area contributed by atoms with Crippen molar-refractivity contribution in [1.82, 2.24) is 5.32 Å². The summed E-state index contributed by atoms with van der Waals surface area (Å²) in [6.07, 6.45) is 3.15. The number of rotatable bonds is 2. The Morgan fingerprint density at radius 1 is 0.739 bits per heavy atom. The first-order valence-corrected chi connectivity index (χ1v) is 7.93. The van der Waals surface area contributed by atoms with E-state index in [-0.39, 0.29) is 0 Å². The molecule has 3 heteroatoms. The minimum absolute atomic E-state index is 0.387. The van der Waals surface area contributed by atoms with Gasteiger partial charge < -0.3 is 5.32 Å². The molecule has 3 rings (SSSR count). The van der Waals surface area contributed by atoms with E-state index in [1.807, 2.05) is 24.3 Å². The van der Waals surface area contributed by atoms with E-state index in [0.717, 1.165) is 24.2 Å². The van der Waals surface area contributed by atoms with Crippen LogP contribution in [0.3, 0.4) is 0 Å². The van der Waals surface area contributed by atoms with Gasteiger partial charge >= 0.3 is 0 Å². The first kappa shape index (κ1) is 16.7. The molecule has 0 aliphatic carbocycles. The Kier molecular flexibility index (Phi) is 6.85. The maximum Gasteiger partial charge on any atom is 0.0669 e. The van der Waals surface area contributed by atoms with Crippen molar-refractivity contribution in [1.29, 1.82) is 10.5 Å². The third-order valence-corrected chi connectivity index (χ3v) is 3.92. The number of fused-ring (bicyclic) bond motifs is 1. The molecule has 0 aromatic heterocycles. The lowest BCUT2D eigenvalue weighted by Crippen LogP contribution is -2.16. The molecule has 1 N–H and O–H groups in total. The van der Waals surface area contributed by atoms with E-state index < -0.39 is 0 Å². The highest BCUT2D eigenvalue weighted by Crippen LogP contribution is 2.11. The number of hydrogen-bond donors (Lipinski definition) is 1. The maximum absolute atomic E-state index is 8.48. The lowest BCUT2D eigenvalue weighted by atomic mass is 10.0. The van der Waals surface area contributed by atoms with E-state index in [9.17, 15) is 0 Å². The molecule has 0 fully saturated rings. The number of nitrogens with zero attached hydrogens (tertiary/aromatic N) is 2. The number of benzene rings is 2. The van der Waals surface area contributed by atoms with E-state index in [1.165, 1.54) is 24.0 Å². The normalized spacial score (nSPS) is 12.6. The zero-order chi connectivity index (χ0) is 16.3. The van der Waals surface area contributed by atoms with E-state index in [2.05, 4.69) is 41.7 Å². The molecule has 1 aliphatic rings. The highest BCUT2D eigenvalue weighted by atomic mass is 14.8. The predicted molar refractivity (Wildman–Crippen MR) is 91.8 cm³/mol. The molecule has 2 aromatic rings. The molecule has 2 aromatic carbocycles. The maximum atomic E-state index is 8.48. The van der Waals surface area contributed by atoms with Crippen LogP contribution in [0.4, 0.5) is 0 Å². The third kappa shape index (κ3) is 5.25. The van der Waals surface area contributed by atoms with E-state index in [0.29, 0.717) is 12.8 Å². The van der Waals surface area contributed by atoms with E-state index in [4.69, 9.17) is 10.5 Å². The first-order chi connectivity index (χ1) is 11.3. The summed E-state index contributed by atoms with van der Waals surface area (Å²) in [5, 5.41) is 20.4. The van der Waals surface area contributed by atoms with Crippen LogP contribution >= 0.6 is 0 Å². The topological polar surface area (TPSA) is 59.6 Å². The van der Waals surface area contributed by atoms with Crippen LogP contribution in [0.1, 0.15) is 22.3 Å². The molecule has 0 unspecified atom stereocenters. The van der Waals surface area contributed by atoms with Gasteiger partial charge in [0, 0.05) is 0 Å². The Bertz CT molecular complexity index is 647. The molecule has 0 spiro atoms. The van der Waals surface area contributed by atoms with Gasteiger partial charge in [0.05, 0.1) is 25.0 Å². The fourth-order valence-corrected chi connectivity index (χ4v) is 2.69. The SMILES string of the molecule is N#CCc1ccccc1CC#N.c1ccc2c(c1)CCNCC2. The standard InChI is InChI=1S/C10H8N2.C10H13N/c11-7-5-9-3-1-2-4-10(9)6-8-12;1-2-4-10-6-8-11-7-5-9(10)3-1/h1-4H,5-6H2;1-4,11H,5-8H2. The molecule has 0 saturated carbocycles. The van der Waals surface area contributed by atoms with Crippen molar-refractivity contribution >= 4 is 0 Å². The van der Waals surface area contributed by atoms with Crippen LogP contribution in [0.2, 0.25) is 0 Å². The van der Waals surface area contributed by atoms with Gasteiger partial charge in [-0.1, -0.05) is 48.5 Å². The van der Waals surface area contributed by atoms with Gasteiger partial charge in [0.1, 0.15) is 0 Å². The average Bonchev–Trinajstić information content (AvgIpc) is 2.83. The molecule has 1 aliphatic heterocycles. The fraction of sp³-hybridized carbons (Fsp3) is 0.300. The molecule has 23 heavy (non-hydrogen) atoms. The highest BCUT2D eigenvalue weighted by Gasteiger charge is 2.04. The molecule has 0 radical (unpaired) electrons. The Morgan fingerprint density at radius 2 is 1.17 bits per heavy atom. The zero-order valence-corrected chi connectivity index (χ0v) is 13.3. The number of hydrogen-bond acceptors (Lipinski definition) is 3. The molecular formula is C20H21N3. The lowest BCUT2D eigenvalue weighted by molar-refractivity contribution is 0.711. The number of nitrogens with one attached hydrogen (secondary N) is 1. The smallest absolute Gasteiger partial charge is 0.0669 e. The van der Waals surface area contributed by atoms with Gasteiger partial charge in [-0.3, -0.25) is 0 Å². The lowest BCUT2D eigenvalue weighted by Gasteiger charge is -2.01. The van der Waals surface area contributed by atoms with Crippen molar-refractivity contribution in [2.24, 2.45) is 0 Å². The summed E-state index contributed by atoms with van der Waals surface area (Å²) in [4.78, 5) is 0. The second-order valence-corrected chi connectivity index (χ2v) is 5.46. The quantitative estimate of drug-likeness (QED) is 0.927. The van der Waals surface area contributed by atoms with Gasteiger partial charge in [-0.15, -0.1) is 0 Å². The van der Waals surface area contributed by atoms with Gasteiger partial charge in [0.2, 0.25) is 0 Å². The fourth-order valence-electron chi connectivity index (χ4n) is 2.69. The minimum Gasteiger partial charge on any atom is -0.316 e.